The Kier molecular flexibility index (Phi) is 7.80. The van der Waals surface area contributed by atoms with Crippen molar-refractivity contribution in [2.75, 3.05) is 39.6 Å². The van der Waals surface area contributed by atoms with Crippen molar-refractivity contribution in [3.63, 3.8) is 0 Å². The topological polar surface area (TPSA) is 35.9 Å². The summed E-state index contributed by atoms with van der Waals surface area (Å²) in [6.07, 6.45) is 2.94. The van der Waals surface area contributed by atoms with Gasteiger partial charge in [-0.1, -0.05) is 24.3 Å². The van der Waals surface area contributed by atoms with E-state index in [4.69, 9.17) is 4.74 Å². The third-order valence-corrected chi connectivity index (χ3v) is 6.26. The van der Waals surface area contributed by atoms with E-state index in [9.17, 15) is 5.11 Å². The zero-order chi connectivity index (χ0) is 19.9. The van der Waals surface area contributed by atoms with E-state index in [1.54, 1.807) is 18.9 Å². The molecule has 1 aliphatic heterocycles. The molecule has 0 radical (unpaired) electrons. The molecule has 1 saturated heterocycles. The van der Waals surface area contributed by atoms with Crippen molar-refractivity contribution in [1.29, 1.82) is 0 Å². The van der Waals surface area contributed by atoms with Crippen LogP contribution in [-0.2, 0) is 13.1 Å². The molecule has 1 unspecified atom stereocenters. The molecule has 0 saturated carbocycles. The van der Waals surface area contributed by atoms with Crippen molar-refractivity contribution in [3.8, 4) is 5.75 Å². The maximum Gasteiger partial charge on any atom is 0.121 e. The van der Waals surface area contributed by atoms with Crippen molar-refractivity contribution in [1.82, 2.24) is 9.80 Å². The molecule has 1 heterocycles. The fourth-order valence-electron chi connectivity index (χ4n) is 4.03. The van der Waals surface area contributed by atoms with Crippen molar-refractivity contribution in [3.05, 3.63) is 59.2 Å². The predicted octanol–water partition coefficient (Wildman–Crippen LogP) is 3.79. The van der Waals surface area contributed by atoms with Crippen LogP contribution in [0.4, 0.5) is 0 Å². The number of hydrogen-bond acceptors (Lipinski definition) is 5. The maximum absolute atomic E-state index is 9.59. The molecule has 0 bridgehead atoms. The average molecular weight is 401 g/mol. The summed E-state index contributed by atoms with van der Waals surface area (Å²) in [5, 5.41) is 9.59. The molecule has 0 aromatic heterocycles. The number of benzene rings is 2. The van der Waals surface area contributed by atoms with E-state index in [1.807, 2.05) is 0 Å². The molecule has 1 N–H and O–H groups in total. The molecule has 152 valence electrons. The summed E-state index contributed by atoms with van der Waals surface area (Å²) in [6.45, 7) is 7.31. The molecule has 2 aromatic rings. The number of aliphatic hydroxyl groups is 1. The molecule has 0 aliphatic carbocycles. The van der Waals surface area contributed by atoms with Crippen molar-refractivity contribution in [2.45, 2.75) is 37.4 Å². The van der Waals surface area contributed by atoms with Gasteiger partial charge in [-0.05, 0) is 54.5 Å². The number of nitrogens with zero attached hydrogens (tertiary/aromatic N) is 2. The fraction of sp³-hybridized carbons (Fsp3) is 0.478. The van der Waals surface area contributed by atoms with E-state index in [0.717, 1.165) is 44.9 Å². The Morgan fingerprint density at radius 1 is 1.11 bits per heavy atom. The molecule has 1 atom stereocenters. The Hall–Kier alpha value is -1.53. The van der Waals surface area contributed by atoms with E-state index in [0.29, 0.717) is 6.04 Å². The minimum absolute atomic E-state index is 0.235. The van der Waals surface area contributed by atoms with E-state index in [2.05, 4.69) is 65.4 Å². The lowest BCUT2D eigenvalue weighted by Crippen LogP contribution is -2.52. The molecule has 0 amide bonds. The van der Waals surface area contributed by atoms with Crippen LogP contribution in [0.5, 0.6) is 5.75 Å². The molecule has 2 aromatic carbocycles. The Bertz CT molecular complexity index is 768. The van der Waals surface area contributed by atoms with Gasteiger partial charge in [0.1, 0.15) is 5.75 Å². The molecule has 28 heavy (non-hydrogen) atoms. The van der Waals surface area contributed by atoms with Crippen LogP contribution in [0.25, 0.3) is 0 Å². The Morgan fingerprint density at radius 2 is 1.93 bits per heavy atom. The molecule has 1 fully saturated rings. The lowest BCUT2D eigenvalue weighted by Gasteiger charge is -2.41. The van der Waals surface area contributed by atoms with Crippen LogP contribution in [0.1, 0.15) is 23.1 Å². The summed E-state index contributed by atoms with van der Waals surface area (Å²) in [5.74, 6) is 0.938. The quantitative estimate of drug-likeness (QED) is 0.682. The van der Waals surface area contributed by atoms with E-state index >= 15 is 0 Å². The normalized spacial score (nSPS) is 18.4. The first kappa shape index (κ1) is 21.2. The lowest BCUT2D eigenvalue weighted by molar-refractivity contribution is 0.0499. The summed E-state index contributed by atoms with van der Waals surface area (Å²) in [7, 11) is 1.72. The number of rotatable bonds is 8. The number of hydrogen-bond donors (Lipinski definition) is 1. The van der Waals surface area contributed by atoms with Gasteiger partial charge in [0.05, 0.1) is 7.11 Å². The molecule has 1 aliphatic rings. The minimum Gasteiger partial charge on any atom is -0.496 e. The summed E-state index contributed by atoms with van der Waals surface area (Å²) in [6, 6.07) is 15.6. The van der Waals surface area contributed by atoms with Gasteiger partial charge in [-0.3, -0.25) is 9.80 Å². The van der Waals surface area contributed by atoms with Crippen LogP contribution in [0.3, 0.4) is 0 Å². The van der Waals surface area contributed by atoms with Gasteiger partial charge in [0.2, 0.25) is 0 Å². The van der Waals surface area contributed by atoms with Crippen LogP contribution in [0.15, 0.2) is 47.4 Å². The zero-order valence-electron chi connectivity index (χ0n) is 17.2. The SMILES string of the molecule is COc1ccc(CN2CCN(Cc3cccc(SC)c3)CC2CCO)cc1C. The van der Waals surface area contributed by atoms with Crippen LogP contribution in [-0.4, -0.2) is 60.6 Å². The Morgan fingerprint density at radius 3 is 2.64 bits per heavy atom. The molecule has 4 nitrogen and oxygen atoms in total. The average Bonchev–Trinajstić information content (AvgIpc) is 2.70. The van der Waals surface area contributed by atoms with E-state index < -0.39 is 0 Å². The Labute approximate surface area is 173 Å². The first-order valence-electron chi connectivity index (χ1n) is 9.96. The highest BCUT2D eigenvalue weighted by Gasteiger charge is 2.26. The number of ether oxygens (including phenoxy) is 1. The first-order chi connectivity index (χ1) is 13.6. The monoisotopic (exact) mass is 400 g/mol. The summed E-state index contributed by atoms with van der Waals surface area (Å²) >= 11 is 1.79. The largest absolute Gasteiger partial charge is 0.496 e. The smallest absolute Gasteiger partial charge is 0.121 e. The Balaban J connectivity index is 1.64. The zero-order valence-corrected chi connectivity index (χ0v) is 18.0. The number of aliphatic hydroxyl groups excluding tert-OH is 1. The van der Waals surface area contributed by atoms with Crippen LogP contribution >= 0.6 is 11.8 Å². The van der Waals surface area contributed by atoms with Gasteiger partial charge in [0.25, 0.3) is 0 Å². The number of methoxy groups -OCH3 is 1. The second kappa shape index (κ2) is 10.3. The third kappa shape index (κ3) is 5.51. The maximum atomic E-state index is 9.59. The van der Waals surface area contributed by atoms with Crippen LogP contribution in [0, 0.1) is 6.92 Å². The van der Waals surface area contributed by atoms with Gasteiger partial charge in [-0.2, -0.15) is 0 Å². The summed E-state index contributed by atoms with van der Waals surface area (Å²) < 4.78 is 5.38. The number of thioether (sulfide) groups is 1. The minimum atomic E-state index is 0.235. The predicted molar refractivity (Wildman–Crippen MR) is 117 cm³/mol. The van der Waals surface area contributed by atoms with Gasteiger partial charge in [0.15, 0.2) is 0 Å². The van der Waals surface area contributed by atoms with Gasteiger partial charge < -0.3 is 9.84 Å². The lowest BCUT2D eigenvalue weighted by atomic mass is 10.0. The van der Waals surface area contributed by atoms with Gasteiger partial charge >= 0.3 is 0 Å². The van der Waals surface area contributed by atoms with Crippen molar-refractivity contribution >= 4 is 11.8 Å². The highest BCUT2D eigenvalue weighted by molar-refractivity contribution is 7.98. The standard InChI is InChI=1S/C23H32N2O2S/c1-18-13-20(7-8-23(18)27-2)16-25-11-10-24(17-21(25)9-12-26)15-19-5-4-6-22(14-19)28-3/h4-8,13-14,21,26H,9-12,15-17H2,1-3H3. The molecule has 5 heteroatoms. The first-order valence-corrected chi connectivity index (χ1v) is 11.2. The molecule has 3 rings (SSSR count). The highest BCUT2D eigenvalue weighted by Crippen LogP contribution is 2.23. The summed E-state index contributed by atoms with van der Waals surface area (Å²) in [4.78, 5) is 6.36. The third-order valence-electron chi connectivity index (χ3n) is 5.54. The van der Waals surface area contributed by atoms with Crippen molar-refractivity contribution in [2.24, 2.45) is 0 Å². The van der Waals surface area contributed by atoms with Crippen LogP contribution in [0.2, 0.25) is 0 Å². The van der Waals surface area contributed by atoms with Crippen LogP contribution < -0.4 is 4.74 Å². The molecule has 0 spiro atoms. The van der Waals surface area contributed by atoms with Crippen molar-refractivity contribution < 1.29 is 9.84 Å². The van der Waals surface area contributed by atoms with E-state index in [1.165, 1.54) is 21.6 Å². The molecular formula is C23H32N2O2S. The van der Waals surface area contributed by atoms with E-state index in [-0.39, 0.29) is 6.61 Å². The van der Waals surface area contributed by atoms with Gasteiger partial charge in [-0.25, -0.2) is 0 Å². The number of aryl methyl sites for hydroxylation is 1. The second-order valence-corrected chi connectivity index (χ2v) is 8.41. The highest BCUT2D eigenvalue weighted by atomic mass is 32.2. The summed E-state index contributed by atoms with van der Waals surface area (Å²) in [5.41, 5.74) is 3.85. The fourth-order valence-corrected chi connectivity index (χ4v) is 4.52. The van der Waals surface area contributed by atoms with Gasteiger partial charge in [0, 0.05) is 50.3 Å². The second-order valence-electron chi connectivity index (χ2n) is 7.53. The number of piperazine rings is 1. The van der Waals surface area contributed by atoms with Gasteiger partial charge in [-0.15, -0.1) is 11.8 Å². The molecular weight excluding hydrogens is 368 g/mol.